The number of nitrogens with one attached hydrogen (secondary N) is 2. The van der Waals surface area contributed by atoms with Crippen LogP contribution in [0.4, 0.5) is 9.59 Å². The van der Waals surface area contributed by atoms with Crippen molar-refractivity contribution < 1.29 is 19.1 Å². The molecule has 2 heterocycles. The van der Waals surface area contributed by atoms with Gasteiger partial charge in [-0.15, -0.1) is 0 Å². The van der Waals surface area contributed by atoms with Crippen molar-refractivity contribution in [2.45, 2.75) is 52.6 Å². The van der Waals surface area contributed by atoms with Crippen LogP contribution in [-0.2, 0) is 9.53 Å². The van der Waals surface area contributed by atoms with Gasteiger partial charge in [0.2, 0.25) is 0 Å². The van der Waals surface area contributed by atoms with E-state index in [1.165, 1.54) is 4.90 Å². The number of hydrogen-bond donors (Lipinski definition) is 2. The van der Waals surface area contributed by atoms with E-state index in [-0.39, 0.29) is 24.2 Å². The van der Waals surface area contributed by atoms with Crippen molar-refractivity contribution in [3.63, 3.8) is 0 Å². The normalized spacial score (nSPS) is 19.8. The fourth-order valence-electron chi connectivity index (χ4n) is 4.44. The summed E-state index contributed by atoms with van der Waals surface area (Å²) in [7, 11) is 1.68. The third kappa shape index (κ3) is 6.75. The molecule has 0 radical (unpaired) electrons. The van der Waals surface area contributed by atoms with Crippen molar-refractivity contribution in [2.75, 3.05) is 46.4 Å². The minimum Gasteiger partial charge on any atom is -0.463 e. The summed E-state index contributed by atoms with van der Waals surface area (Å²) in [5.74, 6) is -0.429. The number of urea groups is 2. The molecule has 2 aliphatic rings. The lowest BCUT2D eigenvalue weighted by molar-refractivity contribution is -0.139. The van der Waals surface area contributed by atoms with Crippen LogP contribution in [0.2, 0.25) is 0 Å². The van der Waals surface area contributed by atoms with Gasteiger partial charge >= 0.3 is 18.0 Å². The third-order valence-corrected chi connectivity index (χ3v) is 6.18. The van der Waals surface area contributed by atoms with Gasteiger partial charge in [0.05, 0.1) is 18.2 Å². The molecule has 0 aromatic heterocycles. The van der Waals surface area contributed by atoms with Crippen LogP contribution in [0.25, 0.3) is 0 Å². The molecule has 2 aliphatic heterocycles. The number of carbonyl (C=O) groups is 3. The Balaban J connectivity index is 1.88. The number of esters is 1. The summed E-state index contributed by atoms with van der Waals surface area (Å²) >= 11 is 0. The Hall–Kier alpha value is -3.07. The zero-order chi connectivity index (χ0) is 25.8. The van der Waals surface area contributed by atoms with E-state index < -0.39 is 12.0 Å². The van der Waals surface area contributed by atoms with Crippen LogP contribution < -0.4 is 10.6 Å². The first-order valence-corrected chi connectivity index (χ1v) is 12.3. The number of rotatable bonds is 5. The maximum absolute atomic E-state index is 13.2. The lowest BCUT2D eigenvalue weighted by Gasteiger charge is -2.36. The molecule has 9 heteroatoms. The average molecular weight is 486 g/mol. The Morgan fingerprint density at radius 2 is 1.91 bits per heavy atom. The zero-order valence-corrected chi connectivity index (χ0v) is 21.8. The Kier molecular flexibility index (Phi) is 8.43. The predicted molar refractivity (Wildman–Crippen MR) is 135 cm³/mol. The molecule has 3 rings (SSSR count). The molecule has 9 nitrogen and oxygen atoms in total. The number of hydrogen-bond acceptors (Lipinski definition) is 5. The largest absolute Gasteiger partial charge is 0.463 e. The van der Waals surface area contributed by atoms with E-state index in [1.54, 1.807) is 14.0 Å². The van der Waals surface area contributed by atoms with Crippen LogP contribution in [0.3, 0.4) is 0 Å². The fraction of sp³-hybridized carbons (Fsp3) is 0.577. The van der Waals surface area contributed by atoms with Gasteiger partial charge in [-0.2, -0.15) is 0 Å². The second-order valence-corrected chi connectivity index (χ2v) is 10.2. The zero-order valence-electron chi connectivity index (χ0n) is 21.8. The molecule has 1 aromatic carbocycles. The highest BCUT2D eigenvalue weighted by molar-refractivity contribution is 5.95. The van der Waals surface area contributed by atoms with E-state index >= 15 is 0 Å². The predicted octanol–water partition coefficient (Wildman–Crippen LogP) is 3.02. The van der Waals surface area contributed by atoms with Gasteiger partial charge in [-0.05, 0) is 46.6 Å². The maximum Gasteiger partial charge on any atom is 0.338 e. The van der Waals surface area contributed by atoms with Crippen molar-refractivity contribution >= 4 is 18.0 Å². The number of likely N-dealkylation sites (N-methyl/N-ethyl adjacent to an activating group) is 1. The third-order valence-electron chi connectivity index (χ3n) is 6.18. The van der Waals surface area contributed by atoms with E-state index in [0.29, 0.717) is 37.4 Å². The van der Waals surface area contributed by atoms with Crippen LogP contribution >= 0.6 is 0 Å². The molecule has 1 saturated heterocycles. The second kappa shape index (κ2) is 11.1. The first-order chi connectivity index (χ1) is 16.5. The number of aryl methyl sites for hydroxylation is 1. The molecule has 0 aliphatic carbocycles. The molecule has 2 N–H and O–H groups in total. The van der Waals surface area contributed by atoms with Crippen LogP contribution in [0.1, 0.15) is 51.3 Å². The van der Waals surface area contributed by atoms with Crippen molar-refractivity contribution in [3.05, 3.63) is 46.7 Å². The molecular formula is C26H39N5O4. The smallest absolute Gasteiger partial charge is 0.338 e. The summed E-state index contributed by atoms with van der Waals surface area (Å²) in [4.78, 5) is 44.3. The molecule has 0 bridgehead atoms. The molecule has 1 fully saturated rings. The molecule has 4 amide bonds. The second-order valence-electron chi connectivity index (χ2n) is 10.2. The van der Waals surface area contributed by atoms with Gasteiger partial charge in [0.25, 0.3) is 0 Å². The standard InChI is InChI=1S/C26H39N5O4/c1-7-35-23(32)21-20(29(6)24(33)27-22(21)19-11-8-10-18(2)16-19)17-30-12-9-13-31(15-14-30)25(34)28-26(3,4)5/h8,10-11,16,22H,7,9,12-15,17H2,1-6H3,(H,27,33)(H,28,34). The number of benzene rings is 1. The first kappa shape index (κ1) is 26.5. The van der Waals surface area contributed by atoms with E-state index in [4.69, 9.17) is 4.74 Å². The molecular weight excluding hydrogens is 446 g/mol. The van der Waals surface area contributed by atoms with Gasteiger partial charge in [0.15, 0.2) is 0 Å². The Morgan fingerprint density at radius 3 is 2.57 bits per heavy atom. The monoisotopic (exact) mass is 485 g/mol. The maximum atomic E-state index is 13.2. The summed E-state index contributed by atoms with van der Waals surface area (Å²) in [6, 6.07) is 6.87. The minimum atomic E-state index is -0.589. The summed E-state index contributed by atoms with van der Waals surface area (Å²) in [6.45, 7) is 12.9. The van der Waals surface area contributed by atoms with Crippen molar-refractivity contribution in [1.82, 2.24) is 25.3 Å². The van der Waals surface area contributed by atoms with Crippen LogP contribution in [0, 0.1) is 6.92 Å². The minimum absolute atomic E-state index is 0.0700. The summed E-state index contributed by atoms with van der Waals surface area (Å²) in [6.07, 6.45) is 0.802. The van der Waals surface area contributed by atoms with Gasteiger partial charge in [-0.1, -0.05) is 29.8 Å². The molecule has 1 unspecified atom stereocenters. The average Bonchev–Trinajstić information content (AvgIpc) is 3.01. The quantitative estimate of drug-likeness (QED) is 0.626. The molecule has 192 valence electrons. The number of carbonyl (C=O) groups excluding carboxylic acids is 3. The summed E-state index contributed by atoms with van der Waals surface area (Å²) in [5, 5.41) is 6.00. The summed E-state index contributed by atoms with van der Waals surface area (Å²) in [5.41, 5.74) is 2.66. The van der Waals surface area contributed by atoms with Gasteiger partial charge in [0.1, 0.15) is 0 Å². The van der Waals surface area contributed by atoms with Crippen molar-refractivity contribution in [1.29, 1.82) is 0 Å². The van der Waals surface area contributed by atoms with E-state index in [2.05, 4.69) is 15.5 Å². The van der Waals surface area contributed by atoms with Crippen LogP contribution in [0.5, 0.6) is 0 Å². The van der Waals surface area contributed by atoms with Crippen LogP contribution in [0.15, 0.2) is 35.5 Å². The van der Waals surface area contributed by atoms with Crippen LogP contribution in [-0.4, -0.2) is 84.6 Å². The molecule has 1 aromatic rings. The van der Waals surface area contributed by atoms with Crippen molar-refractivity contribution in [3.8, 4) is 0 Å². The number of nitrogens with zero attached hydrogens (tertiary/aromatic N) is 3. The summed E-state index contributed by atoms with van der Waals surface area (Å²) < 4.78 is 5.43. The number of ether oxygens (including phenoxy) is 1. The van der Waals surface area contributed by atoms with Gasteiger partial charge in [-0.3, -0.25) is 9.80 Å². The van der Waals surface area contributed by atoms with E-state index in [1.807, 2.05) is 56.9 Å². The Labute approximate surface area is 208 Å². The SMILES string of the molecule is CCOC(=O)C1=C(CN2CCCN(C(=O)NC(C)(C)C)CC2)N(C)C(=O)NC1c1cccc(C)c1. The lowest BCUT2D eigenvalue weighted by Crippen LogP contribution is -2.50. The van der Waals surface area contributed by atoms with E-state index in [0.717, 1.165) is 24.1 Å². The molecule has 35 heavy (non-hydrogen) atoms. The Morgan fingerprint density at radius 1 is 1.17 bits per heavy atom. The highest BCUT2D eigenvalue weighted by Gasteiger charge is 2.37. The molecule has 1 atom stereocenters. The van der Waals surface area contributed by atoms with Gasteiger partial charge in [0, 0.05) is 51.0 Å². The van der Waals surface area contributed by atoms with Crippen molar-refractivity contribution in [2.24, 2.45) is 0 Å². The topological polar surface area (TPSA) is 94.2 Å². The first-order valence-electron chi connectivity index (χ1n) is 12.3. The highest BCUT2D eigenvalue weighted by atomic mass is 16.5. The van der Waals surface area contributed by atoms with Gasteiger partial charge < -0.3 is 20.3 Å². The molecule has 0 saturated carbocycles. The lowest BCUT2D eigenvalue weighted by atomic mass is 9.93. The Bertz CT molecular complexity index is 984. The van der Waals surface area contributed by atoms with Gasteiger partial charge in [-0.25, -0.2) is 14.4 Å². The number of amides is 4. The van der Waals surface area contributed by atoms with E-state index in [9.17, 15) is 14.4 Å². The highest BCUT2D eigenvalue weighted by Crippen LogP contribution is 2.32. The molecule has 0 spiro atoms. The fourth-order valence-corrected chi connectivity index (χ4v) is 4.44.